The molecule has 4 rings (SSSR count). The van der Waals surface area contributed by atoms with E-state index in [1.165, 1.54) is 0 Å². The lowest BCUT2D eigenvalue weighted by atomic mass is 10.0. The summed E-state index contributed by atoms with van der Waals surface area (Å²) in [7, 11) is 0. The summed E-state index contributed by atoms with van der Waals surface area (Å²) in [5.74, 6) is -2.26. The third-order valence-electron chi connectivity index (χ3n) is 9.37. The predicted molar refractivity (Wildman–Crippen MR) is 227 cm³/mol. The molecule has 19 nitrogen and oxygen atoms in total. The Morgan fingerprint density at radius 3 is 2.26 bits per heavy atom. The summed E-state index contributed by atoms with van der Waals surface area (Å²) < 4.78 is 13.1. The fourth-order valence-electron chi connectivity index (χ4n) is 6.42. The van der Waals surface area contributed by atoms with Crippen LogP contribution in [0, 0.1) is 5.92 Å². The molecule has 4 aromatic rings. The number of aromatic nitrogens is 3. The Hall–Kier alpha value is -6.34. The van der Waals surface area contributed by atoms with Gasteiger partial charge in [-0.2, -0.15) is 0 Å². The van der Waals surface area contributed by atoms with Gasteiger partial charge in [-0.25, -0.2) is 19.6 Å². The number of amides is 6. The monoisotopic (exact) mass is 847 g/mol. The number of hydrogen-bond donors (Lipinski definition) is 8. The maximum absolute atomic E-state index is 13.6. The maximum atomic E-state index is 13.6. The molecule has 0 bridgehead atoms. The van der Waals surface area contributed by atoms with Gasteiger partial charge in [-0.05, 0) is 76.1 Å². The fourth-order valence-corrected chi connectivity index (χ4v) is 6.42. The molecule has 0 spiro atoms. The number of benzene rings is 2. The molecule has 2 aromatic carbocycles. The van der Waals surface area contributed by atoms with Crippen molar-refractivity contribution in [3.8, 4) is 0 Å². The van der Waals surface area contributed by atoms with E-state index in [0.717, 1.165) is 5.39 Å². The smallest absolute Gasteiger partial charge is 0.413 e. The second-order valence-corrected chi connectivity index (χ2v) is 15.5. The number of unbranched alkanes of at least 4 members (excludes halogenated alkanes) is 1. The Kier molecular flexibility index (Phi) is 17.3. The highest BCUT2D eigenvalue weighted by molar-refractivity contribution is 6.09. The number of imidazole rings is 1. The Labute approximate surface area is 353 Å². The SMILES string of the molecule is CCOCc1nc2c(NC(=O)OCc3ccc(NC(=O)[C@H](CCCCNC(N)=O)NC(=O)[C@@H](NC(=O)CCCC(=O)O)C(C)C)cc3)nc3ccccc3c2n1CC(C)(C)O. The number of fused-ring (bicyclic) bond motifs is 3. The van der Waals surface area contributed by atoms with Gasteiger partial charge in [-0.3, -0.25) is 24.5 Å². The molecule has 330 valence electrons. The Morgan fingerprint density at radius 1 is 0.885 bits per heavy atom. The lowest BCUT2D eigenvalue weighted by Gasteiger charge is -2.25. The van der Waals surface area contributed by atoms with Crippen molar-refractivity contribution >= 4 is 69.3 Å². The lowest BCUT2D eigenvalue weighted by Crippen LogP contribution is -2.54. The van der Waals surface area contributed by atoms with Crippen LogP contribution in [-0.2, 0) is 48.4 Å². The van der Waals surface area contributed by atoms with Crippen molar-refractivity contribution in [2.45, 2.75) is 111 Å². The van der Waals surface area contributed by atoms with Crippen molar-refractivity contribution in [3.05, 3.63) is 59.9 Å². The highest BCUT2D eigenvalue weighted by Gasteiger charge is 2.29. The number of carboxylic acid groups (broad SMARTS) is 1. The first kappa shape index (κ1) is 47.3. The molecular weight excluding hydrogens is 791 g/mol. The molecule has 0 saturated carbocycles. The summed E-state index contributed by atoms with van der Waals surface area (Å²) in [6.45, 7) is 9.71. The maximum Gasteiger partial charge on any atom is 0.413 e. The highest BCUT2D eigenvalue weighted by Crippen LogP contribution is 2.32. The minimum absolute atomic E-state index is 0.0797. The first-order chi connectivity index (χ1) is 28.9. The van der Waals surface area contributed by atoms with Crippen molar-refractivity contribution < 1.29 is 48.5 Å². The van der Waals surface area contributed by atoms with Gasteiger partial charge in [0, 0.05) is 37.1 Å². The highest BCUT2D eigenvalue weighted by atomic mass is 16.5. The average molecular weight is 848 g/mol. The molecule has 2 aromatic heterocycles. The van der Waals surface area contributed by atoms with Crippen LogP contribution in [0.4, 0.5) is 21.1 Å². The zero-order valence-corrected chi connectivity index (χ0v) is 35.2. The molecule has 2 heterocycles. The summed E-state index contributed by atoms with van der Waals surface area (Å²) in [4.78, 5) is 84.1. The van der Waals surface area contributed by atoms with E-state index in [2.05, 4.69) is 31.6 Å². The van der Waals surface area contributed by atoms with Gasteiger partial charge in [0.2, 0.25) is 17.7 Å². The number of ether oxygens (including phenoxy) is 2. The van der Waals surface area contributed by atoms with Crippen LogP contribution in [0.1, 0.15) is 84.5 Å². The van der Waals surface area contributed by atoms with E-state index in [9.17, 15) is 33.9 Å². The molecule has 9 N–H and O–H groups in total. The number of anilines is 2. The number of pyridine rings is 1. The van der Waals surface area contributed by atoms with Crippen LogP contribution in [0.25, 0.3) is 21.9 Å². The van der Waals surface area contributed by atoms with Crippen LogP contribution in [0.3, 0.4) is 0 Å². The number of aliphatic carboxylic acids is 1. The molecular formula is C42H57N9O10. The first-order valence-electron chi connectivity index (χ1n) is 20.2. The summed E-state index contributed by atoms with van der Waals surface area (Å²) in [6, 6.07) is 11.3. The standard InChI is InChI=1S/C42H57N9O10/c1-6-60-23-31-48-35-36(51(31)24-42(4,5)59)28-12-7-8-13-29(28)46-37(35)50-41(58)61-22-26-17-19-27(20-18-26)45-38(55)30(14-9-10-21-44-40(43)57)47-39(56)34(25(2)3)49-32(52)15-11-16-33(53)54/h7-8,12-13,17-20,25,30,34,59H,6,9-11,14-16,21-24H2,1-5H3,(H,45,55)(H,47,56)(H,49,52)(H,53,54)(H3,43,44,57)(H,46,50,58)/t30-,34-/m0/s1. The van der Waals surface area contributed by atoms with Gasteiger partial charge in [0.15, 0.2) is 5.82 Å². The van der Waals surface area contributed by atoms with Crippen molar-refractivity contribution in [1.29, 1.82) is 0 Å². The number of urea groups is 1. The van der Waals surface area contributed by atoms with E-state index in [1.54, 1.807) is 52.0 Å². The van der Waals surface area contributed by atoms with Crippen molar-refractivity contribution in [2.75, 3.05) is 23.8 Å². The third kappa shape index (κ3) is 14.7. The minimum Gasteiger partial charge on any atom is -0.481 e. The van der Waals surface area contributed by atoms with Crippen LogP contribution in [0.2, 0.25) is 0 Å². The number of hydrogen-bond acceptors (Lipinski definition) is 11. The van der Waals surface area contributed by atoms with Crippen LogP contribution in [-0.4, -0.2) is 91.4 Å². The third-order valence-corrected chi connectivity index (χ3v) is 9.37. The molecule has 0 saturated heterocycles. The van der Waals surface area contributed by atoms with E-state index in [1.807, 2.05) is 35.8 Å². The number of primary amides is 1. The van der Waals surface area contributed by atoms with Crippen molar-refractivity contribution in [1.82, 2.24) is 30.5 Å². The number of carbonyl (C=O) groups is 6. The number of rotatable bonds is 23. The number of carboxylic acids is 1. The summed E-state index contributed by atoms with van der Waals surface area (Å²) in [5, 5.41) is 33.8. The van der Waals surface area contributed by atoms with Crippen molar-refractivity contribution in [2.24, 2.45) is 11.7 Å². The molecule has 0 unspecified atom stereocenters. The van der Waals surface area contributed by atoms with Gasteiger partial charge in [-0.15, -0.1) is 0 Å². The van der Waals surface area contributed by atoms with Crippen LogP contribution in [0.15, 0.2) is 48.5 Å². The number of para-hydroxylation sites is 1. The number of carbonyl (C=O) groups excluding carboxylic acids is 5. The molecule has 0 aliphatic carbocycles. The van der Waals surface area contributed by atoms with Gasteiger partial charge >= 0.3 is 18.1 Å². The average Bonchev–Trinajstić information content (AvgIpc) is 3.54. The van der Waals surface area contributed by atoms with E-state index in [0.29, 0.717) is 53.1 Å². The van der Waals surface area contributed by atoms with Crippen LogP contribution in [0.5, 0.6) is 0 Å². The van der Waals surface area contributed by atoms with Crippen molar-refractivity contribution in [3.63, 3.8) is 0 Å². The lowest BCUT2D eigenvalue weighted by molar-refractivity contribution is -0.137. The molecule has 0 aliphatic rings. The molecule has 61 heavy (non-hydrogen) atoms. The molecule has 0 aliphatic heterocycles. The molecule has 2 atom stereocenters. The molecule has 0 fully saturated rings. The van der Waals surface area contributed by atoms with Gasteiger partial charge in [0.25, 0.3) is 0 Å². The number of nitrogens with one attached hydrogen (secondary N) is 5. The first-order valence-corrected chi connectivity index (χ1v) is 20.2. The summed E-state index contributed by atoms with van der Waals surface area (Å²) in [6.07, 6.45) is 0.155. The summed E-state index contributed by atoms with van der Waals surface area (Å²) >= 11 is 0. The molecule has 0 radical (unpaired) electrons. The van der Waals surface area contributed by atoms with E-state index >= 15 is 0 Å². The van der Waals surface area contributed by atoms with Gasteiger partial charge in [0.1, 0.15) is 36.6 Å². The number of aliphatic hydroxyl groups is 1. The normalized spacial score (nSPS) is 12.4. The summed E-state index contributed by atoms with van der Waals surface area (Å²) in [5.41, 5.74) is 6.74. The topological polar surface area (TPSA) is 278 Å². The molecule has 6 amide bonds. The second kappa shape index (κ2) is 22.3. The molecule has 19 heteroatoms. The fraction of sp³-hybridized carbons (Fsp3) is 0.476. The van der Waals surface area contributed by atoms with Crippen LogP contribution < -0.4 is 32.3 Å². The quantitative estimate of drug-likeness (QED) is 0.0486. The zero-order chi connectivity index (χ0) is 44.7. The largest absolute Gasteiger partial charge is 0.481 e. The Bertz CT molecular complexity index is 2170. The zero-order valence-electron chi connectivity index (χ0n) is 35.2. The van der Waals surface area contributed by atoms with Crippen LogP contribution >= 0.6 is 0 Å². The van der Waals surface area contributed by atoms with E-state index in [-0.39, 0.29) is 63.7 Å². The van der Waals surface area contributed by atoms with Gasteiger partial charge in [0.05, 0.1) is 23.2 Å². The van der Waals surface area contributed by atoms with E-state index in [4.69, 9.17) is 25.3 Å². The van der Waals surface area contributed by atoms with Gasteiger partial charge < -0.3 is 51.3 Å². The van der Waals surface area contributed by atoms with Gasteiger partial charge in [-0.1, -0.05) is 44.2 Å². The predicted octanol–water partition coefficient (Wildman–Crippen LogP) is 4.30. The number of nitrogens with zero attached hydrogens (tertiary/aromatic N) is 3. The Morgan fingerprint density at radius 2 is 1.61 bits per heavy atom. The minimum atomic E-state index is -1.09. The second-order valence-electron chi connectivity index (χ2n) is 15.5. The van der Waals surface area contributed by atoms with E-state index < -0.39 is 53.5 Å². The number of nitrogens with two attached hydrogens (primary N) is 1. The Balaban J connectivity index is 1.43.